The molecule has 0 saturated heterocycles. The Morgan fingerprint density at radius 1 is 0.282 bits per heavy atom. The van der Waals surface area contributed by atoms with E-state index in [1.165, 1.54) is 44.2 Å². The summed E-state index contributed by atoms with van der Waals surface area (Å²) >= 11 is 0. The molecule has 16 aromatic rings. The summed E-state index contributed by atoms with van der Waals surface area (Å²) in [6.07, 6.45) is 44.8. The molecule has 0 amide bonds. The Morgan fingerprint density at radius 2 is 0.484 bits per heavy atom. The number of imidazole rings is 7. The van der Waals surface area contributed by atoms with Crippen LogP contribution >= 0.6 is 0 Å². The molecule has 124 heavy (non-hydrogen) atoms. The molecule has 0 N–H and O–H groups in total. The number of aryl methyl sites for hydroxylation is 9. The van der Waals surface area contributed by atoms with Gasteiger partial charge >= 0.3 is 20.1 Å². The maximum absolute atomic E-state index is 13.5. The second kappa shape index (κ2) is 54.4. The molecular weight excluding hydrogens is 2350 g/mol. The molecule has 0 aliphatic heterocycles. The van der Waals surface area contributed by atoms with Gasteiger partial charge in [-0.25, -0.2) is 8.78 Å². The largest absolute Gasteiger partial charge is 3.00 e. The molecule has 20 nitrogen and oxygen atoms in total. The Hall–Kier alpha value is -13.1. The molecule has 649 valence electrons. The average Bonchev–Trinajstić information content (AvgIpc) is 1.68. The number of aromatic nitrogens is 16. The van der Waals surface area contributed by atoms with E-state index in [1.54, 1.807) is 191 Å². The summed E-state index contributed by atoms with van der Waals surface area (Å²) in [6.45, 7) is 22.6. The van der Waals surface area contributed by atoms with Crippen LogP contribution in [-0.2, 0) is 130 Å². The molecule has 8 aromatic carbocycles. The molecule has 39 heteroatoms. The molecule has 8 heterocycles. The zero-order chi connectivity index (χ0) is 89.0. The van der Waals surface area contributed by atoms with Gasteiger partial charge in [0.05, 0.1) is 55.0 Å². The van der Waals surface area contributed by atoms with Crippen LogP contribution in [-0.4, -0.2) is 41.8 Å². The Labute approximate surface area is 758 Å². The fourth-order valence-electron chi connectivity index (χ4n) is 9.33. The molecular formula is C85H59F15Ir4N20-9. The molecule has 0 aliphatic rings. The zero-order valence-electron chi connectivity index (χ0n) is 65.4. The molecule has 0 aliphatic carbocycles. The van der Waals surface area contributed by atoms with Crippen LogP contribution in [0.5, 0.6) is 0 Å². The molecule has 0 bridgehead atoms. The standard InChI is InChI=1S/C11H10FN2.7C10H7F2N2.4CN.4Ir/c1-9-3-4-11(10(12)7-9)14-6-5-13(2)8-14;1-7-2-3-14(13-7)10-5-8(11)4-9(12)6-10;6*1-13-4-5-14(7-13)10-3-2-8(11)6-9(10)12;4*1-2;;;;/h3,5-7H,1-2H3;2-5H,1H3;6*2,4-6H,1H3;;;;;;;;/q12*-1;;;;+3. The first-order valence-corrected chi connectivity index (χ1v) is 33.3. The SMILES string of the molecule is C[n+]1[c-]n(-c2[c-]cc(F)cc2F)cc1.C[n+]1[c-]n(-c2[c-]cc(F)cc2F)cc1.C[n+]1[c-]n(-c2[c-]cc(F)cc2F)cc1.C[n+]1[c-]n(-c2[c-]cc(F)cc2F)cc1.C[n+]1[c-]n(-c2[c-]cc(F)cc2F)cc1.C[n+]1[c-]n(-c2[c-]cc(F)cc2F)cc1.Cc1c[c-]c(-n2[c-][n+](C)cc2)c(F)c1.Cc1ccn(-c2[c-]c(F)cc(F)c2)n1.[C-]#N.[C-]#N.[C-]#N.[C-]#N.[Ir+3].[Ir].[Ir].[Ir]. The van der Waals surface area contributed by atoms with Gasteiger partial charge in [-0.1, -0.05) is 6.92 Å². The minimum Gasteiger partial charge on any atom is -0.512 e. The first-order chi connectivity index (χ1) is 57.3. The molecule has 0 saturated carbocycles. The van der Waals surface area contributed by atoms with Crippen molar-refractivity contribution in [2.75, 3.05) is 0 Å². The van der Waals surface area contributed by atoms with Crippen molar-refractivity contribution in [2.24, 2.45) is 49.3 Å². The van der Waals surface area contributed by atoms with E-state index < -0.39 is 81.4 Å². The minimum absolute atomic E-state index is 0. The predicted molar refractivity (Wildman–Crippen MR) is 383 cm³/mol. The van der Waals surface area contributed by atoms with Gasteiger partial charge in [0, 0.05) is 241 Å². The van der Waals surface area contributed by atoms with Gasteiger partial charge in [0.25, 0.3) is 0 Å². The van der Waals surface area contributed by atoms with Crippen molar-refractivity contribution in [3.05, 3.63) is 414 Å². The van der Waals surface area contributed by atoms with Crippen molar-refractivity contribution < 1.29 is 178 Å². The van der Waals surface area contributed by atoms with E-state index in [-0.39, 0.29) is 126 Å². The Bertz CT molecular complexity index is 5160. The average molecular weight is 2410 g/mol. The third-order valence-corrected chi connectivity index (χ3v) is 14.4. The molecule has 8 aromatic heterocycles. The number of halogens is 15. The predicted octanol–water partition coefficient (Wildman–Crippen LogP) is 11.1. The zero-order valence-corrected chi connectivity index (χ0v) is 75.0. The van der Waals surface area contributed by atoms with Crippen LogP contribution in [0.4, 0.5) is 65.9 Å². The summed E-state index contributed by atoms with van der Waals surface area (Å²) in [4.78, 5) is 0. The van der Waals surface area contributed by atoms with Gasteiger partial charge in [-0.2, -0.15) is 59.2 Å². The van der Waals surface area contributed by atoms with Crippen molar-refractivity contribution in [1.82, 2.24) is 41.8 Å². The van der Waals surface area contributed by atoms with Crippen LogP contribution < -0.4 is 32.0 Å². The normalized spacial score (nSPS) is 9.55. The van der Waals surface area contributed by atoms with Crippen molar-refractivity contribution in [1.29, 1.82) is 21.0 Å². The second-order valence-corrected chi connectivity index (χ2v) is 23.5. The van der Waals surface area contributed by atoms with Crippen molar-refractivity contribution >= 4 is 0 Å². The third-order valence-electron chi connectivity index (χ3n) is 14.4. The van der Waals surface area contributed by atoms with Crippen LogP contribution in [0.1, 0.15) is 11.3 Å². The van der Waals surface area contributed by atoms with E-state index in [0.717, 1.165) is 90.1 Å². The van der Waals surface area contributed by atoms with Gasteiger partial charge < -0.3 is 111 Å². The van der Waals surface area contributed by atoms with Gasteiger partial charge in [0.2, 0.25) is 44.3 Å². The van der Waals surface area contributed by atoms with E-state index in [0.29, 0.717) is 5.69 Å². The Kier molecular flexibility index (Phi) is 47.8. The van der Waals surface area contributed by atoms with Crippen LogP contribution in [0, 0.1) is 241 Å². The molecule has 0 unspecified atom stereocenters. The second-order valence-electron chi connectivity index (χ2n) is 23.5. The first kappa shape index (κ1) is 109. The molecule has 0 spiro atoms. The quantitative estimate of drug-likeness (QED) is 0.0835. The number of nitrogens with zero attached hydrogens (tertiary/aromatic N) is 20. The summed E-state index contributed by atoms with van der Waals surface area (Å²) < 4.78 is 217. The maximum atomic E-state index is 13.5. The minimum atomic E-state index is -0.729. The van der Waals surface area contributed by atoms with Gasteiger partial charge in [0.1, 0.15) is 0 Å². The van der Waals surface area contributed by atoms with E-state index in [1.807, 2.05) is 14.0 Å². The maximum Gasteiger partial charge on any atom is 3.00 e. The number of rotatable bonds is 8. The molecule has 0 atom stereocenters. The van der Waals surface area contributed by atoms with E-state index in [4.69, 9.17) is 47.3 Å². The van der Waals surface area contributed by atoms with Gasteiger partial charge in [0.15, 0.2) is 0 Å². The number of hydrogen-bond acceptors (Lipinski definition) is 5. The monoisotopic (exact) mass is 2420 g/mol. The van der Waals surface area contributed by atoms with E-state index in [2.05, 4.69) is 97.9 Å². The fraction of sp³-hybridized carbons (Fsp3) is 0.106. The number of hydrogen-bond donors (Lipinski definition) is 0. The Morgan fingerprint density at radius 3 is 0.645 bits per heavy atom. The van der Waals surface area contributed by atoms with Gasteiger partial charge in [-0.15, -0.1) is 97.1 Å². The molecule has 16 rings (SSSR count). The Balaban J connectivity index is 0.000000697. The summed E-state index contributed by atoms with van der Waals surface area (Å²) in [5, 5.41) is 29.0. The van der Waals surface area contributed by atoms with Crippen molar-refractivity contribution in [2.45, 2.75) is 13.8 Å². The topological polar surface area (TPSA) is 175 Å². The molecule has 3 radical (unpaired) electrons. The first-order valence-electron chi connectivity index (χ1n) is 33.3. The summed E-state index contributed by atoms with van der Waals surface area (Å²) in [6, 6.07) is 38.7. The van der Waals surface area contributed by atoms with Gasteiger partial charge in [-0.3, -0.25) is 61.8 Å². The molecule has 0 fully saturated rings. The van der Waals surface area contributed by atoms with Crippen molar-refractivity contribution in [3.63, 3.8) is 0 Å². The van der Waals surface area contributed by atoms with Crippen LogP contribution in [0.2, 0.25) is 0 Å². The van der Waals surface area contributed by atoms with E-state index >= 15 is 0 Å². The third kappa shape index (κ3) is 33.7. The van der Waals surface area contributed by atoms with E-state index in [9.17, 15) is 65.9 Å². The van der Waals surface area contributed by atoms with Crippen LogP contribution in [0.3, 0.4) is 0 Å². The van der Waals surface area contributed by atoms with Crippen LogP contribution in [0.15, 0.2) is 196 Å². The summed E-state index contributed by atoms with van der Waals surface area (Å²) in [5.74, 6) is -9.39. The van der Waals surface area contributed by atoms with Crippen LogP contribution in [0.25, 0.3) is 45.5 Å². The summed E-state index contributed by atoms with van der Waals surface area (Å²) in [5.41, 5.74) is 3.26. The smallest absolute Gasteiger partial charge is 0.512 e. The number of benzene rings is 8. The summed E-state index contributed by atoms with van der Waals surface area (Å²) in [7, 11) is 12.4. The fourth-order valence-corrected chi connectivity index (χ4v) is 9.33. The van der Waals surface area contributed by atoms with Gasteiger partial charge in [-0.05, 0) is 58.5 Å². The van der Waals surface area contributed by atoms with Crippen molar-refractivity contribution in [3.8, 4) is 45.5 Å².